The van der Waals surface area contributed by atoms with Gasteiger partial charge in [-0.15, -0.1) is 10.2 Å². The van der Waals surface area contributed by atoms with E-state index in [9.17, 15) is 13.6 Å². The Morgan fingerprint density at radius 1 is 1.09 bits per heavy atom. The van der Waals surface area contributed by atoms with Crippen molar-refractivity contribution in [2.45, 2.75) is 9.24 Å². The molecule has 8 heteroatoms. The van der Waals surface area contributed by atoms with Crippen LogP contribution >= 0.6 is 23.1 Å². The Balaban J connectivity index is 1.72. The number of rotatable bonds is 4. The highest BCUT2D eigenvalue weighted by Gasteiger charge is 2.17. The quantitative estimate of drug-likeness (QED) is 0.766. The van der Waals surface area contributed by atoms with Gasteiger partial charge in [-0.1, -0.05) is 29.2 Å². The van der Waals surface area contributed by atoms with E-state index in [1.54, 1.807) is 29.8 Å². The van der Waals surface area contributed by atoms with Crippen LogP contribution in [0.1, 0.15) is 10.4 Å². The number of hydrogen-bond donors (Lipinski definition) is 1. The third-order valence-electron chi connectivity index (χ3n) is 2.85. The van der Waals surface area contributed by atoms with Gasteiger partial charge in [0.05, 0.1) is 0 Å². The van der Waals surface area contributed by atoms with E-state index in [4.69, 9.17) is 0 Å². The van der Waals surface area contributed by atoms with Gasteiger partial charge in [-0.2, -0.15) is 0 Å². The van der Waals surface area contributed by atoms with Crippen molar-refractivity contribution in [1.29, 1.82) is 0 Å². The number of carbonyl (C=O) groups is 1. The molecule has 23 heavy (non-hydrogen) atoms. The number of carbonyl (C=O) groups excluding carboxylic acids is 1. The number of nitrogens with one attached hydrogen (secondary N) is 1. The first-order valence-electron chi connectivity index (χ1n) is 6.43. The average molecular weight is 349 g/mol. The molecule has 0 spiro atoms. The molecule has 1 aromatic heterocycles. The van der Waals surface area contributed by atoms with Crippen molar-refractivity contribution in [1.82, 2.24) is 10.2 Å². The van der Waals surface area contributed by atoms with Gasteiger partial charge in [-0.25, -0.2) is 8.78 Å². The summed E-state index contributed by atoms with van der Waals surface area (Å²) < 4.78 is 27.9. The van der Waals surface area contributed by atoms with Crippen LogP contribution in [-0.4, -0.2) is 16.1 Å². The largest absolute Gasteiger partial charge is 0.322 e. The molecule has 0 aliphatic heterocycles. The lowest BCUT2D eigenvalue weighted by atomic mass is 10.2. The minimum Gasteiger partial charge on any atom is -0.322 e. The van der Waals surface area contributed by atoms with Gasteiger partial charge in [0.25, 0.3) is 5.91 Å². The molecule has 3 aromatic rings. The molecule has 3 rings (SSSR count). The summed E-state index contributed by atoms with van der Waals surface area (Å²) in [5.74, 6) is -2.62. The summed E-state index contributed by atoms with van der Waals surface area (Å²) >= 11 is 2.86. The van der Waals surface area contributed by atoms with E-state index in [2.05, 4.69) is 15.5 Å². The first-order chi connectivity index (χ1) is 11.1. The highest BCUT2D eigenvalue weighted by atomic mass is 32.2. The third-order valence-corrected chi connectivity index (χ3v) is 4.63. The standard InChI is InChI=1S/C15H9F2N3OS2/c16-11-2-1-3-12(17)13(11)14(21)19-9-4-6-10(7-5-9)23-15-20-18-8-22-15/h1-8H,(H,19,21). The number of halogens is 2. The maximum absolute atomic E-state index is 13.6. The van der Waals surface area contributed by atoms with Crippen LogP contribution in [0, 0.1) is 11.6 Å². The molecular weight excluding hydrogens is 340 g/mol. The summed E-state index contributed by atoms with van der Waals surface area (Å²) in [4.78, 5) is 12.9. The molecule has 0 radical (unpaired) electrons. The van der Waals surface area contributed by atoms with Crippen LogP contribution in [0.4, 0.5) is 14.5 Å². The maximum Gasteiger partial charge on any atom is 0.261 e. The second-order valence-corrected chi connectivity index (χ2v) is 6.54. The molecule has 0 atom stereocenters. The van der Waals surface area contributed by atoms with Gasteiger partial charge in [0, 0.05) is 10.6 Å². The van der Waals surface area contributed by atoms with Crippen molar-refractivity contribution in [2.75, 3.05) is 5.32 Å². The number of amides is 1. The van der Waals surface area contributed by atoms with Crippen LogP contribution in [0.3, 0.4) is 0 Å². The molecule has 0 fully saturated rings. The molecule has 2 aromatic carbocycles. The van der Waals surface area contributed by atoms with Gasteiger partial charge in [0.2, 0.25) is 0 Å². The van der Waals surface area contributed by atoms with Gasteiger partial charge >= 0.3 is 0 Å². The molecular formula is C15H9F2N3OS2. The molecule has 1 heterocycles. The Labute approximate surface area is 138 Å². The van der Waals surface area contributed by atoms with Crippen LogP contribution in [0.5, 0.6) is 0 Å². The topological polar surface area (TPSA) is 54.9 Å². The van der Waals surface area contributed by atoms with Crippen molar-refractivity contribution in [3.63, 3.8) is 0 Å². The smallest absolute Gasteiger partial charge is 0.261 e. The lowest BCUT2D eigenvalue weighted by Gasteiger charge is -2.07. The summed E-state index contributed by atoms with van der Waals surface area (Å²) in [5.41, 5.74) is 1.49. The Morgan fingerprint density at radius 2 is 1.78 bits per heavy atom. The molecule has 0 saturated heterocycles. The Bertz CT molecular complexity index is 803. The van der Waals surface area contributed by atoms with Crippen molar-refractivity contribution >= 4 is 34.7 Å². The Morgan fingerprint density at radius 3 is 2.39 bits per heavy atom. The third kappa shape index (κ3) is 3.72. The van der Waals surface area contributed by atoms with Gasteiger partial charge in [-0.3, -0.25) is 4.79 Å². The molecule has 116 valence electrons. The number of hydrogen-bond acceptors (Lipinski definition) is 5. The van der Waals surface area contributed by atoms with Crippen LogP contribution in [0.25, 0.3) is 0 Å². The molecule has 1 N–H and O–H groups in total. The Kier molecular flexibility index (Phi) is 4.63. The maximum atomic E-state index is 13.6. The lowest BCUT2D eigenvalue weighted by Crippen LogP contribution is -2.15. The van der Waals surface area contributed by atoms with Gasteiger partial charge < -0.3 is 5.32 Å². The molecule has 4 nitrogen and oxygen atoms in total. The second-order valence-electron chi connectivity index (χ2n) is 4.38. The molecule has 0 aliphatic rings. The fourth-order valence-corrected chi connectivity index (χ4v) is 3.27. The summed E-state index contributed by atoms with van der Waals surface area (Å²) in [6.07, 6.45) is 0. The van der Waals surface area contributed by atoms with E-state index in [1.165, 1.54) is 29.2 Å². The van der Waals surface area contributed by atoms with Crippen molar-refractivity contribution in [2.24, 2.45) is 0 Å². The molecule has 0 unspecified atom stereocenters. The molecule has 0 bridgehead atoms. The predicted octanol–water partition coefficient (Wildman–Crippen LogP) is 4.22. The van der Waals surface area contributed by atoms with E-state index >= 15 is 0 Å². The van der Waals surface area contributed by atoms with Crippen molar-refractivity contribution < 1.29 is 13.6 Å². The van der Waals surface area contributed by atoms with Gasteiger partial charge in [-0.05, 0) is 36.4 Å². The van der Waals surface area contributed by atoms with E-state index in [0.29, 0.717) is 5.69 Å². The van der Waals surface area contributed by atoms with Gasteiger partial charge in [0.15, 0.2) is 4.34 Å². The number of anilines is 1. The van der Waals surface area contributed by atoms with Crippen molar-refractivity contribution in [3.05, 3.63) is 65.2 Å². The van der Waals surface area contributed by atoms with Crippen LogP contribution in [0.15, 0.2) is 57.2 Å². The Hall–Kier alpha value is -2.32. The van der Waals surface area contributed by atoms with Crippen molar-refractivity contribution in [3.8, 4) is 0 Å². The first-order valence-corrected chi connectivity index (χ1v) is 8.12. The highest BCUT2D eigenvalue weighted by molar-refractivity contribution is 8.01. The minimum atomic E-state index is -0.897. The average Bonchev–Trinajstić information content (AvgIpc) is 3.02. The van der Waals surface area contributed by atoms with Crippen LogP contribution in [-0.2, 0) is 0 Å². The minimum absolute atomic E-state index is 0.444. The predicted molar refractivity (Wildman–Crippen MR) is 84.8 cm³/mol. The zero-order valence-electron chi connectivity index (χ0n) is 11.5. The summed E-state index contributed by atoms with van der Waals surface area (Å²) in [5, 5.41) is 10.1. The molecule has 1 amide bonds. The fraction of sp³-hybridized carbons (Fsp3) is 0. The summed E-state index contributed by atoms with van der Waals surface area (Å²) in [7, 11) is 0. The zero-order chi connectivity index (χ0) is 16.2. The number of benzene rings is 2. The van der Waals surface area contributed by atoms with Gasteiger partial charge in [0.1, 0.15) is 22.7 Å². The van der Waals surface area contributed by atoms with E-state index < -0.39 is 23.1 Å². The molecule has 0 saturated carbocycles. The summed E-state index contributed by atoms with van der Waals surface area (Å²) in [6, 6.07) is 10.2. The van der Waals surface area contributed by atoms with E-state index in [0.717, 1.165) is 21.4 Å². The number of nitrogens with zero attached hydrogens (tertiary/aromatic N) is 2. The monoisotopic (exact) mass is 349 g/mol. The van der Waals surface area contributed by atoms with Crippen LogP contribution in [0.2, 0.25) is 0 Å². The first kappa shape index (κ1) is 15.6. The second kappa shape index (κ2) is 6.84. The zero-order valence-corrected chi connectivity index (χ0v) is 13.1. The molecule has 0 aliphatic carbocycles. The normalized spacial score (nSPS) is 10.5. The van der Waals surface area contributed by atoms with Crippen LogP contribution < -0.4 is 5.32 Å². The summed E-state index contributed by atoms with van der Waals surface area (Å²) in [6.45, 7) is 0. The highest BCUT2D eigenvalue weighted by Crippen LogP contribution is 2.29. The lowest BCUT2D eigenvalue weighted by molar-refractivity contribution is 0.101. The SMILES string of the molecule is O=C(Nc1ccc(Sc2nncs2)cc1)c1c(F)cccc1F. The van der Waals surface area contributed by atoms with E-state index in [-0.39, 0.29) is 0 Å². The van der Waals surface area contributed by atoms with E-state index in [1.807, 2.05) is 0 Å². The fourth-order valence-electron chi connectivity index (χ4n) is 1.82. The number of aromatic nitrogens is 2.